The van der Waals surface area contributed by atoms with Crippen LogP contribution in [0.2, 0.25) is 0 Å². The van der Waals surface area contributed by atoms with E-state index in [0.29, 0.717) is 17.5 Å². The van der Waals surface area contributed by atoms with Crippen LogP contribution in [0, 0.1) is 0 Å². The molecular weight excluding hydrogens is 685 g/mol. The molecule has 3 aromatic heterocycles. The second kappa shape index (κ2) is 13.1. The van der Waals surface area contributed by atoms with Gasteiger partial charge in [0.05, 0.1) is 22.8 Å². The highest BCUT2D eigenvalue weighted by atomic mass is 15.2. The van der Waals surface area contributed by atoms with Gasteiger partial charge >= 0.3 is 0 Å². The van der Waals surface area contributed by atoms with Gasteiger partial charge < -0.3 is 9.47 Å². The first-order valence-corrected chi connectivity index (χ1v) is 19.0. The summed E-state index contributed by atoms with van der Waals surface area (Å²) < 4.78 is 2.36. The Kier molecular flexibility index (Phi) is 7.52. The summed E-state index contributed by atoms with van der Waals surface area (Å²) in [7, 11) is 0. The van der Waals surface area contributed by atoms with E-state index in [0.717, 1.165) is 44.7 Å². The van der Waals surface area contributed by atoms with Gasteiger partial charge in [0.15, 0.2) is 17.5 Å². The van der Waals surface area contributed by atoms with Gasteiger partial charge in [-0.05, 0) is 78.4 Å². The van der Waals surface area contributed by atoms with E-state index in [9.17, 15) is 0 Å². The average Bonchev–Trinajstić information content (AvgIpc) is 3.79. The minimum absolute atomic E-state index is 0.188. The highest BCUT2D eigenvalue weighted by Gasteiger charge is 2.37. The predicted octanol–water partition coefficient (Wildman–Crippen LogP) is 11.8. The Labute approximate surface area is 324 Å². The van der Waals surface area contributed by atoms with Gasteiger partial charge in [0.1, 0.15) is 0 Å². The van der Waals surface area contributed by atoms with E-state index in [1.807, 2.05) is 79.0 Å². The van der Waals surface area contributed by atoms with Gasteiger partial charge in [0.25, 0.3) is 0 Å². The van der Waals surface area contributed by atoms with Crippen LogP contribution < -0.4 is 4.90 Å². The molecule has 0 saturated heterocycles. The summed E-state index contributed by atoms with van der Waals surface area (Å²) in [4.78, 5) is 21.9. The quantitative estimate of drug-likeness (QED) is 0.171. The van der Waals surface area contributed by atoms with Gasteiger partial charge in [-0.1, -0.05) is 115 Å². The van der Waals surface area contributed by atoms with Crippen LogP contribution in [0.4, 0.5) is 11.4 Å². The molecule has 2 unspecified atom stereocenters. The summed E-state index contributed by atoms with van der Waals surface area (Å²) in [6, 6.07) is 57.5. The first-order valence-electron chi connectivity index (χ1n) is 19.0. The molecule has 1 aliphatic heterocycles. The molecule has 6 aromatic carbocycles. The zero-order valence-electron chi connectivity index (χ0n) is 30.3. The lowest BCUT2D eigenvalue weighted by atomic mass is 9.90. The van der Waals surface area contributed by atoms with Crippen molar-refractivity contribution in [3.8, 4) is 51.1 Å². The zero-order chi connectivity index (χ0) is 37.0. The maximum absolute atomic E-state index is 4.96. The summed E-state index contributed by atoms with van der Waals surface area (Å²) in [5.74, 6) is 2.19. The van der Waals surface area contributed by atoms with Crippen LogP contribution in [0.15, 0.2) is 194 Å². The first-order chi connectivity index (χ1) is 27.8. The lowest BCUT2D eigenvalue weighted by Gasteiger charge is -2.28. The Balaban J connectivity index is 0.998. The van der Waals surface area contributed by atoms with Crippen LogP contribution in [-0.2, 0) is 0 Å². The van der Waals surface area contributed by atoms with E-state index in [-0.39, 0.29) is 12.0 Å². The number of benzene rings is 6. The second-order valence-corrected chi connectivity index (χ2v) is 14.3. The molecular formula is C50H34N6. The van der Waals surface area contributed by atoms with Gasteiger partial charge in [0, 0.05) is 62.2 Å². The topological polar surface area (TPSA) is 59.7 Å². The Morgan fingerprint density at radius 2 is 1.05 bits per heavy atom. The molecule has 6 nitrogen and oxygen atoms in total. The molecule has 2 atom stereocenters. The van der Waals surface area contributed by atoms with E-state index >= 15 is 0 Å². The maximum Gasteiger partial charge on any atom is 0.164 e. The molecule has 4 heterocycles. The minimum Gasteiger partial charge on any atom is -0.333 e. The number of para-hydroxylation sites is 1. The highest BCUT2D eigenvalue weighted by Crippen LogP contribution is 2.49. The van der Waals surface area contributed by atoms with Crippen LogP contribution >= 0.6 is 0 Å². The molecule has 2 aliphatic rings. The van der Waals surface area contributed by atoms with Crippen molar-refractivity contribution in [3.05, 3.63) is 200 Å². The molecule has 1 aliphatic carbocycles. The Bertz CT molecular complexity index is 2910. The number of allylic oxidation sites excluding steroid dienone is 2. The zero-order valence-corrected chi connectivity index (χ0v) is 30.3. The molecule has 0 N–H and O–H groups in total. The van der Waals surface area contributed by atoms with Crippen LogP contribution in [0.1, 0.15) is 11.5 Å². The third-order valence-electron chi connectivity index (χ3n) is 11.0. The highest BCUT2D eigenvalue weighted by molar-refractivity contribution is 6.10. The Hall–Kier alpha value is -7.44. The molecule has 0 amide bonds. The summed E-state index contributed by atoms with van der Waals surface area (Å²) in [5.41, 5.74) is 12.1. The summed E-state index contributed by atoms with van der Waals surface area (Å²) in [5, 5.41) is 2.43. The number of nitrogens with zero attached hydrogens (tertiary/aromatic N) is 6. The van der Waals surface area contributed by atoms with Gasteiger partial charge in [0.2, 0.25) is 0 Å². The van der Waals surface area contributed by atoms with Crippen molar-refractivity contribution in [1.29, 1.82) is 0 Å². The first kappa shape index (κ1) is 32.0. The monoisotopic (exact) mass is 718 g/mol. The summed E-state index contributed by atoms with van der Waals surface area (Å²) in [6.07, 6.45) is 10.9. The van der Waals surface area contributed by atoms with Crippen LogP contribution in [-0.4, -0.2) is 30.5 Å². The molecule has 6 heteroatoms. The summed E-state index contributed by atoms with van der Waals surface area (Å²) >= 11 is 0. The fraction of sp³-hybridized carbons (Fsp3) is 0.0400. The number of anilines is 2. The van der Waals surface area contributed by atoms with Crippen molar-refractivity contribution < 1.29 is 0 Å². The molecule has 0 spiro atoms. The predicted molar refractivity (Wildman–Crippen MR) is 227 cm³/mol. The molecule has 9 aromatic rings. The number of rotatable bonds is 6. The molecule has 11 rings (SSSR count). The number of hydrogen-bond donors (Lipinski definition) is 0. The number of hydrogen-bond acceptors (Lipinski definition) is 5. The molecule has 0 saturated carbocycles. The lowest BCUT2D eigenvalue weighted by molar-refractivity contribution is 0.745. The molecule has 0 radical (unpaired) electrons. The van der Waals surface area contributed by atoms with Gasteiger partial charge in [-0.15, -0.1) is 0 Å². The van der Waals surface area contributed by atoms with E-state index in [1.54, 1.807) is 0 Å². The van der Waals surface area contributed by atoms with E-state index in [1.165, 1.54) is 27.7 Å². The van der Waals surface area contributed by atoms with Crippen molar-refractivity contribution >= 4 is 33.2 Å². The number of pyridine rings is 1. The van der Waals surface area contributed by atoms with Crippen LogP contribution in [0.5, 0.6) is 0 Å². The average molecular weight is 719 g/mol. The minimum atomic E-state index is 0.188. The molecule has 56 heavy (non-hydrogen) atoms. The van der Waals surface area contributed by atoms with Crippen molar-refractivity contribution in [2.24, 2.45) is 0 Å². The third kappa shape index (κ3) is 5.34. The Morgan fingerprint density at radius 3 is 1.77 bits per heavy atom. The van der Waals surface area contributed by atoms with Gasteiger partial charge in [-0.2, -0.15) is 0 Å². The van der Waals surface area contributed by atoms with Crippen LogP contribution in [0.25, 0.3) is 72.9 Å². The standard InChI is InChI=1S/C50H34N6/c1-3-13-33(14-4-1)48-52-49(34-15-5-2-6-16-34)54-50(53-48)35-22-25-37(26-23-35)55-44-20-9-8-18-40(44)42-32-38(27-29-47(42)55)56-45-21-10-7-17-39(45)41-31-36(24-28-46(41)56)43-19-11-12-30-51-43/h1-32,39,45H. The fourth-order valence-electron chi connectivity index (χ4n) is 8.42. The number of aromatic nitrogens is 5. The van der Waals surface area contributed by atoms with Crippen LogP contribution in [0.3, 0.4) is 0 Å². The largest absolute Gasteiger partial charge is 0.333 e. The third-order valence-corrected chi connectivity index (χ3v) is 11.0. The summed E-state index contributed by atoms with van der Waals surface area (Å²) in [6.45, 7) is 0. The van der Waals surface area contributed by atoms with Crippen molar-refractivity contribution in [3.63, 3.8) is 0 Å². The smallest absolute Gasteiger partial charge is 0.164 e. The van der Waals surface area contributed by atoms with E-state index in [4.69, 9.17) is 15.0 Å². The Morgan fingerprint density at radius 1 is 0.446 bits per heavy atom. The van der Waals surface area contributed by atoms with Gasteiger partial charge in [-0.3, -0.25) is 4.98 Å². The normalized spacial score (nSPS) is 15.7. The lowest BCUT2D eigenvalue weighted by Crippen LogP contribution is -2.28. The molecule has 0 bridgehead atoms. The van der Waals surface area contributed by atoms with Crippen molar-refractivity contribution in [2.75, 3.05) is 4.90 Å². The maximum atomic E-state index is 4.96. The fourth-order valence-corrected chi connectivity index (χ4v) is 8.42. The number of fused-ring (bicyclic) bond motifs is 6. The second-order valence-electron chi connectivity index (χ2n) is 14.3. The SMILES string of the molecule is C1=CC2c3cc(-c4ccccn4)ccc3N(c3ccc4c(c3)c3ccccc3n4-c3ccc(-c4nc(-c5ccccc5)nc(-c5ccccc5)n4)cc3)C2C=C1. The van der Waals surface area contributed by atoms with Crippen molar-refractivity contribution in [2.45, 2.75) is 12.0 Å². The molecule has 0 fully saturated rings. The molecule has 264 valence electrons. The van der Waals surface area contributed by atoms with Gasteiger partial charge in [-0.25, -0.2) is 15.0 Å². The van der Waals surface area contributed by atoms with Crippen molar-refractivity contribution in [1.82, 2.24) is 24.5 Å². The van der Waals surface area contributed by atoms with E-state index < -0.39 is 0 Å². The van der Waals surface area contributed by atoms with E-state index in [2.05, 4.69) is 130 Å².